The van der Waals surface area contributed by atoms with Crippen molar-refractivity contribution in [2.45, 2.75) is 26.2 Å². The molecule has 0 aliphatic carbocycles. The van der Waals surface area contributed by atoms with Crippen LogP contribution in [0.5, 0.6) is 5.75 Å². The Bertz CT molecular complexity index is 1010. The molecule has 0 aromatic heterocycles. The Morgan fingerprint density at radius 3 is 2.31 bits per heavy atom. The Labute approximate surface area is 170 Å². The number of rotatable bonds is 7. The molecule has 1 atom stereocenters. The third-order valence-electron chi connectivity index (χ3n) is 4.76. The van der Waals surface area contributed by atoms with Crippen LogP contribution in [0.15, 0.2) is 60.7 Å². The number of nitrogens with one attached hydrogen (secondary N) is 1. The summed E-state index contributed by atoms with van der Waals surface area (Å²) in [6.07, 6.45) is 0.479. The van der Waals surface area contributed by atoms with Gasteiger partial charge in [0.1, 0.15) is 5.75 Å². The second kappa shape index (κ2) is 9.24. The van der Waals surface area contributed by atoms with Crippen LogP contribution in [0, 0.1) is 5.41 Å². The minimum atomic E-state index is -0.460. The van der Waals surface area contributed by atoms with Gasteiger partial charge in [0.15, 0.2) is 0 Å². The van der Waals surface area contributed by atoms with Gasteiger partial charge in [0, 0.05) is 5.56 Å². The number of benzene rings is 3. The summed E-state index contributed by atoms with van der Waals surface area (Å²) >= 11 is 0. The number of aromatic hydroxyl groups is 1. The third kappa shape index (κ3) is 4.93. The topological polar surface area (TPSA) is 79.6 Å². The molecule has 0 aliphatic heterocycles. The lowest BCUT2D eigenvalue weighted by atomic mass is 9.91. The van der Waals surface area contributed by atoms with Crippen LogP contribution in [-0.2, 0) is 20.7 Å². The Morgan fingerprint density at radius 2 is 1.62 bits per heavy atom. The van der Waals surface area contributed by atoms with Crippen molar-refractivity contribution in [3.05, 3.63) is 77.4 Å². The molecule has 1 unspecified atom stereocenters. The maximum atomic E-state index is 12.6. The van der Waals surface area contributed by atoms with Crippen LogP contribution in [0.2, 0.25) is 0 Å². The molecule has 0 radical (unpaired) electrons. The first-order valence-corrected chi connectivity index (χ1v) is 9.71. The van der Waals surface area contributed by atoms with Crippen molar-refractivity contribution in [3.63, 3.8) is 0 Å². The fourth-order valence-electron chi connectivity index (χ4n) is 3.31. The first kappa shape index (κ1) is 20.4. The van der Waals surface area contributed by atoms with Gasteiger partial charge in [-0.1, -0.05) is 36.4 Å². The first-order valence-electron chi connectivity index (χ1n) is 9.71. The average molecular weight is 391 g/mol. The zero-order valence-corrected chi connectivity index (χ0v) is 16.6. The van der Waals surface area contributed by atoms with Gasteiger partial charge in [-0.2, -0.15) is 0 Å². The molecule has 3 rings (SSSR count). The van der Waals surface area contributed by atoms with E-state index in [1.54, 1.807) is 31.2 Å². The molecule has 0 fully saturated rings. The highest BCUT2D eigenvalue weighted by Crippen LogP contribution is 2.27. The van der Waals surface area contributed by atoms with Gasteiger partial charge in [0.05, 0.1) is 19.1 Å². The Morgan fingerprint density at radius 1 is 0.931 bits per heavy atom. The van der Waals surface area contributed by atoms with Gasteiger partial charge in [-0.3, -0.25) is 10.2 Å². The maximum Gasteiger partial charge on any atom is 0.313 e. The quantitative estimate of drug-likeness (QED) is 0.345. The second-order valence-corrected chi connectivity index (χ2v) is 6.76. The summed E-state index contributed by atoms with van der Waals surface area (Å²) < 4.78 is 10.6. The molecule has 5 heteroatoms. The van der Waals surface area contributed by atoms with E-state index in [2.05, 4.69) is 0 Å². The summed E-state index contributed by atoms with van der Waals surface area (Å²) in [5, 5.41) is 19.6. The zero-order chi connectivity index (χ0) is 20.8. The van der Waals surface area contributed by atoms with Crippen LogP contribution < -0.4 is 0 Å². The number of phenolic OH excluding ortho intramolecular Hbond substituents is 1. The second-order valence-electron chi connectivity index (χ2n) is 6.76. The standard InChI is InChI=1S/C24H25NO4/c1-3-28-23(25)19-8-7-17-6-5-16(13-20(17)15-19)14-22(24(27)29-4-2)18-9-11-21(26)12-10-18/h5-13,15,22,25-26H,3-4,14H2,1-2H3. The van der Waals surface area contributed by atoms with E-state index in [-0.39, 0.29) is 17.6 Å². The van der Waals surface area contributed by atoms with Crippen LogP contribution in [0.3, 0.4) is 0 Å². The molecule has 3 aromatic carbocycles. The van der Waals surface area contributed by atoms with E-state index >= 15 is 0 Å². The fourth-order valence-corrected chi connectivity index (χ4v) is 3.31. The summed E-state index contributed by atoms with van der Waals surface area (Å²) in [5.41, 5.74) is 2.51. The Balaban J connectivity index is 1.92. The molecule has 0 bridgehead atoms. The summed E-state index contributed by atoms with van der Waals surface area (Å²) in [4.78, 5) is 12.6. The van der Waals surface area contributed by atoms with Gasteiger partial charge in [0.2, 0.25) is 5.90 Å². The van der Waals surface area contributed by atoms with Crippen molar-refractivity contribution in [2.75, 3.05) is 13.2 Å². The van der Waals surface area contributed by atoms with Gasteiger partial charge in [-0.15, -0.1) is 0 Å². The number of carbonyl (C=O) groups excluding carboxylic acids is 1. The van der Waals surface area contributed by atoms with E-state index in [1.165, 1.54) is 0 Å². The van der Waals surface area contributed by atoms with E-state index in [0.29, 0.717) is 19.6 Å². The van der Waals surface area contributed by atoms with E-state index in [4.69, 9.17) is 14.9 Å². The molecular formula is C24H25NO4. The lowest BCUT2D eigenvalue weighted by Crippen LogP contribution is -2.18. The largest absolute Gasteiger partial charge is 0.508 e. The minimum absolute atomic E-state index is 0.147. The monoisotopic (exact) mass is 391 g/mol. The van der Waals surface area contributed by atoms with Crippen molar-refractivity contribution in [1.29, 1.82) is 5.41 Å². The van der Waals surface area contributed by atoms with E-state index in [9.17, 15) is 9.90 Å². The highest BCUT2D eigenvalue weighted by atomic mass is 16.5. The van der Waals surface area contributed by atoms with Crippen molar-refractivity contribution >= 4 is 22.6 Å². The SMILES string of the molecule is CCOC(=N)c1ccc2ccc(CC(C(=O)OCC)c3ccc(O)cc3)cc2c1. The van der Waals surface area contributed by atoms with Gasteiger partial charge in [0.25, 0.3) is 0 Å². The lowest BCUT2D eigenvalue weighted by molar-refractivity contribution is -0.144. The van der Waals surface area contributed by atoms with E-state index < -0.39 is 5.92 Å². The molecule has 0 spiro atoms. The minimum Gasteiger partial charge on any atom is -0.508 e. The van der Waals surface area contributed by atoms with Crippen LogP contribution in [-0.4, -0.2) is 30.2 Å². The summed E-state index contributed by atoms with van der Waals surface area (Å²) in [7, 11) is 0. The normalized spacial score (nSPS) is 11.8. The van der Waals surface area contributed by atoms with Gasteiger partial charge < -0.3 is 14.6 Å². The number of hydrogen-bond acceptors (Lipinski definition) is 5. The van der Waals surface area contributed by atoms with E-state index in [0.717, 1.165) is 27.5 Å². The van der Waals surface area contributed by atoms with Crippen molar-refractivity contribution < 1.29 is 19.4 Å². The predicted octanol–water partition coefficient (Wildman–Crippen LogP) is 4.80. The molecule has 150 valence electrons. The van der Waals surface area contributed by atoms with Gasteiger partial charge in [-0.05, 0) is 66.4 Å². The number of esters is 1. The molecule has 0 aliphatic rings. The summed E-state index contributed by atoms with van der Waals surface area (Å²) in [5.74, 6) is -0.442. The molecule has 5 nitrogen and oxygen atoms in total. The molecule has 0 amide bonds. The Hall–Kier alpha value is -3.34. The third-order valence-corrected chi connectivity index (χ3v) is 4.76. The highest BCUT2D eigenvalue weighted by Gasteiger charge is 2.22. The summed E-state index contributed by atoms with van der Waals surface area (Å²) in [6, 6.07) is 18.5. The van der Waals surface area contributed by atoms with Gasteiger partial charge >= 0.3 is 5.97 Å². The van der Waals surface area contributed by atoms with Crippen molar-refractivity contribution in [2.24, 2.45) is 0 Å². The van der Waals surface area contributed by atoms with Crippen molar-refractivity contribution in [1.82, 2.24) is 0 Å². The maximum absolute atomic E-state index is 12.6. The molecule has 0 heterocycles. The molecular weight excluding hydrogens is 366 g/mol. The molecule has 0 saturated carbocycles. The van der Waals surface area contributed by atoms with Crippen LogP contribution in [0.1, 0.15) is 36.5 Å². The van der Waals surface area contributed by atoms with E-state index in [1.807, 2.05) is 43.3 Å². The highest BCUT2D eigenvalue weighted by molar-refractivity contribution is 5.97. The van der Waals surface area contributed by atoms with Crippen LogP contribution >= 0.6 is 0 Å². The summed E-state index contributed by atoms with van der Waals surface area (Å²) in [6.45, 7) is 4.40. The van der Waals surface area contributed by atoms with Crippen LogP contribution in [0.25, 0.3) is 10.8 Å². The Kier molecular flexibility index (Phi) is 6.50. The number of hydrogen-bond donors (Lipinski definition) is 2. The predicted molar refractivity (Wildman–Crippen MR) is 114 cm³/mol. The lowest BCUT2D eigenvalue weighted by Gasteiger charge is -2.17. The smallest absolute Gasteiger partial charge is 0.313 e. The van der Waals surface area contributed by atoms with Crippen LogP contribution in [0.4, 0.5) is 0 Å². The molecule has 3 aromatic rings. The number of carbonyl (C=O) groups is 1. The molecule has 29 heavy (non-hydrogen) atoms. The zero-order valence-electron chi connectivity index (χ0n) is 16.6. The first-order chi connectivity index (χ1) is 14.0. The van der Waals surface area contributed by atoms with Crippen molar-refractivity contribution in [3.8, 4) is 5.75 Å². The van der Waals surface area contributed by atoms with Gasteiger partial charge in [-0.25, -0.2) is 0 Å². The number of ether oxygens (including phenoxy) is 2. The number of phenols is 1. The fraction of sp³-hybridized carbons (Fsp3) is 0.250. The molecule has 2 N–H and O–H groups in total. The average Bonchev–Trinajstić information content (AvgIpc) is 2.72. The number of fused-ring (bicyclic) bond motifs is 1. The molecule has 0 saturated heterocycles.